The Morgan fingerprint density at radius 3 is 2.78 bits per heavy atom. The molecule has 2 N–H and O–H groups in total. The second kappa shape index (κ2) is 8.92. The number of fused-ring (bicyclic) bond motifs is 1. The lowest BCUT2D eigenvalue weighted by Crippen LogP contribution is -2.43. The highest BCUT2D eigenvalue weighted by Gasteiger charge is 2.48. The van der Waals surface area contributed by atoms with Crippen LogP contribution in [-0.4, -0.2) is 53.4 Å². The molecular weight excluding hydrogens is 352 g/mol. The Hall–Kier alpha value is -2.51. The Balaban J connectivity index is 2.54. The van der Waals surface area contributed by atoms with Gasteiger partial charge in [-0.05, 0) is 38.3 Å². The molecule has 1 heterocycles. The first kappa shape index (κ1) is 20.8. The van der Waals surface area contributed by atoms with Crippen LogP contribution in [0.15, 0.2) is 47.1 Å². The van der Waals surface area contributed by atoms with Crippen molar-refractivity contribution in [1.82, 2.24) is 0 Å². The Kier molecular flexibility index (Phi) is 6.87. The van der Waals surface area contributed by atoms with E-state index in [0.29, 0.717) is 30.3 Å². The highest BCUT2D eigenvalue weighted by Crippen LogP contribution is 2.36. The minimum atomic E-state index is -1.45. The molecule has 0 aromatic carbocycles. The summed E-state index contributed by atoms with van der Waals surface area (Å²) in [5.41, 5.74) is 1.00. The third-order valence-corrected chi connectivity index (χ3v) is 4.85. The summed E-state index contributed by atoms with van der Waals surface area (Å²) in [6.45, 7) is 6.68. The van der Waals surface area contributed by atoms with Crippen LogP contribution in [-0.2, 0) is 23.9 Å². The van der Waals surface area contributed by atoms with Crippen LogP contribution in [0.25, 0.3) is 0 Å². The van der Waals surface area contributed by atoms with Crippen LogP contribution >= 0.6 is 0 Å². The van der Waals surface area contributed by atoms with Crippen molar-refractivity contribution in [3.05, 3.63) is 47.1 Å². The molecular formula is C20H24O7. The zero-order valence-electron chi connectivity index (χ0n) is 15.4. The predicted octanol–water partition coefficient (Wildman–Crippen LogP) is 1.16. The molecule has 2 rings (SSSR count). The number of hydrogen-bond acceptors (Lipinski definition) is 7. The van der Waals surface area contributed by atoms with Crippen molar-refractivity contribution in [3.8, 4) is 0 Å². The lowest BCUT2D eigenvalue weighted by molar-refractivity contribution is -0.153. The molecule has 0 saturated carbocycles. The summed E-state index contributed by atoms with van der Waals surface area (Å²) >= 11 is 0. The summed E-state index contributed by atoms with van der Waals surface area (Å²) in [6, 6.07) is 0. The fraction of sp³-hybridized carbons (Fsp3) is 0.450. The predicted molar refractivity (Wildman–Crippen MR) is 96.4 cm³/mol. The molecule has 0 amide bonds. The first-order valence-corrected chi connectivity index (χ1v) is 8.71. The fourth-order valence-corrected chi connectivity index (χ4v) is 3.10. The van der Waals surface area contributed by atoms with E-state index in [1.54, 1.807) is 26.0 Å². The molecule has 4 atom stereocenters. The number of aliphatic hydroxyl groups excluding tert-OH is 2. The van der Waals surface area contributed by atoms with Gasteiger partial charge in [0.2, 0.25) is 0 Å². The van der Waals surface area contributed by atoms with Crippen LogP contribution in [0.2, 0.25) is 0 Å². The SMILES string of the molecule is C=C1C(=O)O[C@@H]2/C=C(\CO)CC/C=C(\C=O)[C@H](O)[C@@H](OC(=O)/C(C)=C\C)[C@@H]12. The molecule has 0 spiro atoms. The zero-order chi connectivity index (χ0) is 20.1. The average Bonchev–Trinajstić information content (AvgIpc) is 2.94. The topological polar surface area (TPSA) is 110 Å². The first-order chi connectivity index (χ1) is 12.8. The highest BCUT2D eigenvalue weighted by atomic mass is 16.6. The molecule has 1 saturated heterocycles. The van der Waals surface area contributed by atoms with Crippen molar-refractivity contribution in [3.63, 3.8) is 0 Å². The Labute approximate surface area is 157 Å². The molecule has 0 radical (unpaired) electrons. The number of ether oxygens (including phenoxy) is 2. The molecule has 0 aromatic heterocycles. The van der Waals surface area contributed by atoms with Crippen LogP contribution in [0.5, 0.6) is 0 Å². The van der Waals surface area contributed by atoms with Gasteiger partial charge >= 0.3 is 11.9 Å². The molecule has 0 bridgehead atoms. The van der Waals surface area contributed by atoms with E-state index in [1.807, 2.05) is 0 Å². The number of esters is 2. The molecule has 1 aliphatic heterocycles. The monoisotopic (exact) mass is 376 g/mol. The van der Waals surface area contributed by atoms with Gasteiger partial charge in [-0.25, -0.2) is 9.59 Å². The number of allylic oxidation sites excluding steroid dienone is 2. The van der Waals surface area contributed by atoms with Gasteiger partial charge in [0.1, 0.15) is 24.6 Å². The van der Waals surface area contributed by atoms with Crippen molar-refractivity contribution >= 4 is 18.2 Å². The van der Waals surface area contributed by atoms with E-state index >= 15 is 0 Å². The Morgan fingerprint density at radius 2 is 2.19 bits per heavy atom. The Morgan fingerprint density at radius 1 is 1.48 bits per heavy atom. The summed E-state index contributed by atoms with van der Waals surface area (Å²) in [4.78, 5) is 35.9. The van der Waals surface area contributed by atoms with E-state index in [2.05, 4.69) is 6.58 Å². The second-order valence-electron chi connectivity index (χ2n) is 6.55. The number of carbonyl (C=O) groups is 3. The maximum Gasteiger partial charge on any atom is 0.334 e. The van der Waals surface area contributed by atoms with E-state index < -0.39 is 36.2 Å². The van der Waals surface area contributed by atoms with Gasteiger partial charge in [-0.15, -0.1) is 0 Å². The van der Waals surface area contributed by atoms with Gasteiger partial charge in [0.05, 0.1) is 12.5 Å². The van der Waals surface area contributed by atoms with Gasteiger partial charge in [-0.2, -0.15) is 0 Å². The van der Waals surface area contributed by atoms with Crippen molar-refractivity contribution in [1.29, 1.82) is 0 Å². The van der Waals surface area contributed by atoms with Gasteiger partial charge in [-0.1, -0.05) is 18.7 Å². The zero-order valence-corrected chi connectivity index (χ0v) is 15.4. The van der Waals surface area contributed by atoms with Gasteiger partial charge in [0.15, 0.2) is 0 Å². The summed E-state index contributed by atoms with van der Waals surface area (Å²) in [7, 11) is 0. The molecule has 27 heavy (non-hydrogen) atoms. The molecule has 0 unspecified atom stereocenters. The minimum Gasteiger partial charge on any atom is -0.455 e. The van der Waals surface area contributed by atoms with Gasteiger partial charge in [0, 0.05) is 16.7 Å². The van der Waals surface area contributed by atoms with Gasteiger partial charge < -0.3 is 19.7 Å². The number of rotatable bonds is 4. The van der Waals surface area contributed by atoms with E-state index in [-0.39, 0.29) is 17.8 Å². The van der Waals surface area contributed by atoms with Gasteiger partial charge in [0.25, 0.3) is 0 Å². The first-order valence-electron chi connectivity index (χ1n) is 8.71. The molecule has 7 nitrogen and oxygen atoms in total. The standard InChI is InChI=1S/C20H24O7/c1-4-11(2)19(24)27-18-16-12(3)20(25)26-15(16)8-13(9-21)6-5-7-14(10-22)17(18)23/h4,7-8,10,15-18,21,23H,3,5-6,9H2,1-2H3/b11-4-,13-8-,14-7+/t15-,16+,17+,18+/m1/s1. The summed E-state index contributed by atoms with van der Waals surface area (Å²) < 4.78 is 10.8. The van der Waals surface area contributed by atoms with E-state index in [0.717, 1.165) is 0 Å². The highest BCUT2D eigenvalue weighted by molar-refractivity contribution is 5.92. The van der Waals surface area contributed by atoms with Crippen LogP contribution in [0.3, 0.4) is 0 Å². The molecule has 1 fully saturated rings. The maximum absolute atomic E-state index is 12.3. The molecule has 1 aliphatic carbocycles. The summed E-state index contributed by atoms with van der Waals surface area (Å²) in [5.74, 6) is -2.24. The van der Waals surface area contributed by atoms with Crippen molar-refractivity contribution in [2.75, 3.05) is 6.61 Å². The lowest BCUT2D eigenvalue weighted by Gasteiger charge is -2.30. The fourth-order valence-electron chi connectivity index (χ4n) is 3.10. The molecule has 0 aromatic rings. The largest absolute Gasteiger partial charge is 0.455 e. The number of aliphatic hydroxyl groups is 2. The third kappa shape index (κ3) is 4.43. The smallest absolute Gasteiger partial charge is 0.334 e. The van der Waals surface area contributed by atoms with Crippen LogP contribution in [0.1, 0.15) is 26.7 Å². The average molecular weight is 376 g/mol. The molecule has 7 heteroatoms. The lowest BCUT2D eigenvalue weighted by atomic mass is 9.83. The van der Waals surface area contributed by atoms with Crippen molar-refractivity contribution < 1.29 is 34.1 Å². The van der Waals surface area contributed by atoms with E-state index in [4.69, 9.17) is 9.47 Å². The third-order valence-electron chi connectivity index (χ3n) is 4.85. The molecule has 146 valence electrons. The van der Waals surface area contributed by atoms with E-state index in [9.17, 15) is 24.6 Å². The molecule has 2 aliphatic rings. The van der Waals surface area contributed by atoms with Crippen LogP contribution in [0, 0.1) is 5.92 Å². The Bertz CT molecular complexity index is 729. The van der Waals surface area contributed by atoms with Gasteiger partial charge in [-0.3, -0.25) is 4.79 Å². The normalized spacial score (nSPS) is 33.1. The minimum absolute atomic E-state index is 0.0364. The van der Waals surface area contributed by atoms with Crippen molar-refractivity contribution in [2.45, 2.75) is 45.0 Å². The van der Waals surface area contributed by atoms with E-state index in [1.165, 1.54) is 6.08 Å². The van der Waals surface area contributed by atoms with Crippen LogP contribution < -0.4 is 0 Å². The van der Waals surface area contributed by atoms with Crippen LogP contribution in [0.4, 0.5) is 0 Å². The quantitative estimate of drug-likeness (QED) is 0.328. The summed E-state index contributed by atoms with van der Waals surface area (Å²) in [5, 5.41) is 20.3. The van der Waals surface area contributed by atoms with Crippen molar-refractivity contribution in [2.24, 2.45) is 5.92 Å². The number of aldehydes is 1. The number of hydrogen-bond donors (Lipinski definition) is 2. The summed E-state index contributed by atoms with van der Waals surface area (Å²) in [6.07, 6.45) is 2.43. The number of carbonyl (C=O) groups excluding carboxylic acids is 3. The second-order valence-corrected chi connectivity index (χ2v) is 6.55. The maximum atomic E-state index is 12.3.